The highest BCUT2D eigenvalue weighted by atomic mass is 16.1. The van der Waals surface area contributed by atoms with E-state index in [1.807, 2.05) is 27.7 Å². The van der Waals surface area contributed by atoms with Gasteiger partial charge < -0.3 is 5.73 Å². The lowest BCUT2D eigenvalue weighted by molar-refractivity contribution is -0.113. The van der Waals surface area contributed by atoms with Crippen molar-refractivity contribution in [3.63, 3.8) is 0 Å². The number of amides is 1. The lowest BCUT2D eigenvalue weighted by Gasteiger charge is -2.13. The van der Waals surface area contributed by atoms with Crippen LogP contribution in [0.1, 0.15) is 48.7 Å². The first-order valence-electron chi connectivity index (χ1n) is 7.05. The van der Waals surface area contributed by atoms with Gasteiger partial charge in [0, 0.05) is 24.1 Å². The molecule has 0 atom stereocenters. The number of ketones is 1. The molecule has 0 aliphatic rings. The summed E-state index contributed by atoms with van der Waals surface area (Å²) >= 11 is 0. The van der Waals surface area contributed by atoms with Gasteiger partial charge in [-0.25, -0.2) is 0 Å². The Labute approximate surface area is 127 Å². The molecule has 0 fully saturated rings. The van der Waals surface area contributed by atoms with E-state index in [0.717, 1.165) is 5.56 Å². The molecule has 0 bridgehead atoms. The van der Waals surface area contributed by atoms with Crippen molar-refractivity contribution in [2.45, 2.75) is 34.1 Å². The first kappa shape index (κ1) is 17.1. The van der Waals surface area contributed by atoms with Gasteiger partial charge in [-0.15, -0.1) is 0 Å². The zero-order valence-corrected chi connectivity index (χ0v) is 13.1. The Kier molecular flexibility index (Phi) is 5.88. The minimum absolute atomic E-state index is 0.0323. The van der Waals surface area contributed by atoms with Crippen LogP contribution in [0.15, 0.2) is 17.1 Å². The maximum atomic E-state index is 12.4. The number of nitrogens with zero attached hydrogens (tertiary/aromatic N) is 1. The number of hydrogen-bond donors (Lipinski definition) is 1. The summed E-state index contributed by atoms with van der Waals surface area (Å²) in [5.41, 5.74) is 7.69. The zero-order valence-electron chi connectivity index (χ0n) is 13.1. The molecule has 0 aliphatic carbocycles. The van der Waals surface area contributed by atoms with Gasteiger partial charge in [0.1, 0.15) is 13.6 Å². The molecule has 5 heteroatoms. The van der Waals surface area contributed by atoms with Crippen LogP contribution >= 0.6 is 0 Å². The summed E-state index contributed by atoms with van der Waals surface area (Å²) in [6, 6.07) is 3.23. The van der Waals surface area contributed by atoms with Crippen LogP contribution in [0, 0.1) is 12.8 Å². The van der Waals surface area contributed by atoms with Crippen molar-refractivity contribution < 1.29 is 9.59 Å². The molecular formula is C16H21BN2O2. The fraction of sp³-hybridized carbons (Fsp3) is 0.438. The number of aryl methyl sites for hydroxylation is 1. The molecule has 0 spiro atoms. The molecule has 0 saturated carbocycles. The molecule has 2 N–H and O–H groups in total. The highest BCUT2D eigenvalue weighted by molar-refractivity contribution is 6.47. The van der Waals surface area contributed by atoms with Crippen LogP contribution in [0.4, 0.5) is 0 Å². The zero-order chi connectivity index (χ0) is 16.2. The molecule has 1 amide bonds. The fourth-order valence-corrected chi connectivity index (χ4v) is 2.15. The summed E-state index contributed by atoms with van der Waals surface area (Å²) in [5, 5.41) is 0. The number of rotatable bonds is 6. The second kappa shape index (κ2) is 7.20. The predicted octanol–water partition coefficient (Wildman–Crippen LogP) is 1.31. The Morgan fingerprint density at radius 1 is 1.29 bits per heavy atom. The lowest BCUT2D eigenvalue weighted by Crippen LogP contribution is -2.26. The predicted molar refractivity (Wildman–Crippen MR) is 86.6 cm³/mol. The van der Waals surface area contributed by atoms with Crippen molar-refractivity contribution in [2.75, 3.05) is 6.54 Å². The molecule has 110 valence electrons. The van der Waals surface area contributed by atoms with Gasteiger partial charge >= 0.3 is 0 Å². The average Bonchev–Trinajstić information content (AvgIpc) is 2.35. The van der Waals surface area contributed by atoms with E-state index < -0.39 is 5.91 Å². The number of hydrogen-bond acceptors (Lipinski definition) is 3. The largest absolute Gasteiger partial charge is 0.366 e. The van der Waals surface area contributed by atoms with Crippen LogP contribution in [0.3, 0.4) is 0 Å². The third-order valence-electron chi connectivity index (χ3n) is 3.09. The van der Waals surface area contributed by atoms with Crippen molar-refractivity contribution in [2.24, 2.45) is 16.6 Å². The van der Waals surface area contributed by atoms with Gasteiger partial charge in [0.15, 0.2) is 5.78 Å². The molecule has 4 nitrogen and oxygen atoms in total. The molecule has 0 unspecified atom stereocenters. The molecule has 1 aromatic rings. The van der Waals surface area contributed by atoms with E-state index in [1.54, 1.807) is 12.1 Å². The standard InChI is InChI=1S/C16H21BN2O2/c1-5-19-15(14(20)6-9(2)3)11-8-12(16(18)21)13(17)7-10(11)4/h7-9H,5-6H2,1-4H3,(H2,18,21). The van der Waals surface area contributed by atoms with E-state index >= 15 is 0 Å². The Bertz CT molecular complexity index is 592. The number of nitrogens with two attached hydrogens (primary N) is 1. The Morgan fingerprint density at radius 2 is 1.90 bits per heavy atom. The summed E-state index contributed by atoms with van der Waals surface area (Å²) in [5.74, 6) is -0.402. The maximum Gasteiger partial charge on any atom is 0.248 e. The molecular weight excluding hydrogens is 263 g/mol. The van der Waals surface area contributed by atoms with Gasteiger partial charge in [0.2, 0.25) is 5.91 Å². The van der Waals surface area contributed by atoms with Crippen molar-refractivity contribution in [3.05, 3.63) is 28.8 Å². The first-order valence-corrected chi connectivity index (χ1v) is 7.05. The summed E-state index contributed by atoms with van der Waals surface area (Å²) in [6.07, 6.45) is 0.411. The van der Waals surface area contributed by atoms with Crippen LogP contribution < -0.4 is 11.2 Å². The second-order valence-corrected chi connectivity index (χ2v) is 5.46. The number of primary amides is 1. The molecule has 0 aliphatic heterocycles. The maximum absolute atomic E-state index is 12.4. The van der Waals surface area contributed by atoms with Gasteiger partial charge in [-0.3, -0.25) is 14.6 Å². The van der Waals surface area contributed by atoms with Crippen LogP contribution in [0.2, 0.25) is 0 Å². The van der Waals surface area contributed by atoms with Crippen LogP contribution in [-0.2, 0) is 4.79 Å². The number of carbonyl (C=O) groups excluding carboxylic acids is 2. The third-order valence-corrected chi connectivity index (χ3v) is 3.09. The molecule has 0 heterocycles. The molecule has 1 rings (SSSR count). The fourth-order valence-electron chi connectivity index (χ4n) is 2.15. The summed E-state index contributed by atoms with van der Waals surface area (Å²) in [7, 11) is 5.80. The van der Waals surface area contributed by atoms with Crippen LogP contribution in [0.25, 0.3) is 0 Å². The highest BCUT2D eigenvalue weighted by Crippen LogP contribution is 2.14. The molecule has 0 saturated heterocycles. The van der Waals surface area contributed by atoms with Gasteiger partial charge in [0.25, 0.3) is 0 Å². The molecule has 0 aromatic heterocycles. The van der Waals surface area contributed by atoms with Crippen LogP contribution in [-0.4, -0.2) is 31.8 Å². The summed E-state index contributed by atoms with van der Waals surface area (Å²) in [6.45, 7) is 8.15. The summed E-state index contributed by atoms with van der Waals surface area (Å²) < 4.78 is 0. The van der Waals surface area contributed by atoms with E-state index in [4.69, 9.17) is 13.6 Å². The van der Waals surface area contributed by atoms with Crippen LogP contribution in [0.5, 0.6) is 0 Å². The van der Waals surface area contributed by atoms with Gasteiger partial charge in [-0.05, 0) is 31.4 Å². The minimum atomic E-state index is -0.610. The average molecular weight is 284 g/mol. The van der Waals surface area contributed by atoms with E-state index in [-0.39, 0.29) is 17.3 Å². The first-order chi connectivity index (χ1) is 9.77. The molecule has 1 aromatic carbocycles. The van der Waals surface area contributed by atoms with Gasteiger partial charge in [-0.2, -0.15) is 0 Å². The van der Waals surface area contributed by atoms with Crippen molar-refractivity contribution in [1.29, 1.82) is 0 Å². The SMILES string of the molecule is [B]c1cc(C)c(C(=NCC)C(=O)CC(C)C)cc1C(N)=O. The number of carbonyl (C=O) groups is 2. The van der Waals surface area contributed by atoms with E-state index in [9.17, 15) is 9.59 Å². The number of benzene rings is 1. The van der Waals surface area contributed by atoms with E-state index in [1.165, 1.54) is 0 Å². The van der Waals surface area contributed by atoms with E-state index in [2.05, 4.69) is 4.99 Å². The monoisotopic (exact) mass is 284 g/mol. The van der Waals surface area contributed by atoms with Crippen molar-refractivity contribution in [1.82, 2.24) is 0 Å². The van der Waals surface area contributed by atoms with Crippen molar-refractivity contribution >= 4 is 30.7 Å². The Morgan fingerprint density at radius 3 is 2.38 bits per heavy atom. The minimum Gasteiger partial charge on any atom is -0.366 e. The second-order valence-electron chi connectivity index (χ2n) is 5.46. The summed E-state index contributed by atoms with van der Waals surface area (Å²) in [4.78, 5) is 28.1. The Balaban J connectivity index is 3.39. The normalized spacial score (nSPS) is 11.8. The number of aliphatic imine (C=N–C) groups is 1. The number of Topliss-reactive ketones (excluding diaryl/α,β-unsaturated/α-hetero) is 1. The molecule has 21 heavy (non-hydrogen) atoms. The van der Waals surface area contributed by atoms with Gasteiger partial charge in [0.05, 0.1) is 0 Å². The highest BCUT2D eigenvalue weighted by Gasteiger charge is 2.19. The lowest BCUT2D eigenvalue weighted by atomic mass is 9.84. The van der Waals surface area contributed by atoms with Gasteiger partial charge in [-0.1, -0.05) is 25.4 Å². The Hall–Kier alpha value is -1.91. The molecule has 2 radical (unpaired) electrons. The van der Waals surface area contributed by atoms with E-state index in [0.29, 0.717) is 29.7 Å². The smallest absolute Gasteiger partial charge is 0.248 e. The third kappa shape index (κ3) is 4.28. The topological polar surface area (TPSA) is 72.5 Å². The quantitative estimate of drug-likeness (QED) is 0.632. The van der Waals surface area contributed by atoms with Crippen molar-refractivity contribution in [3.8, 4) is 0 Å².